The summed E-state index contributed by atoms with van der Waals surface area (Å²) in [6, 6.07) is 0. The first-order valence-electron chi connectivity index (χ1n) is 9.98. The molecule has 0 saturated carbocycles. The van der Waals surface area contributed by atoms with E-state index in [-0.39, 0.29) is 0 Å². The number of hydrogen-bond acceptors (Lipinski definition) is 2. The highest BCUT2D eigenvalue weighted by Crippen LogP contribution is 2.15. The number of rotatable bonds is 17. The van der Waals surface area contributed by atoms with Gasteiger partial charge in [0.1, 0.15) is 0 Å². The van der Waals surface area contributed by atoms with Crippen LogP contribution in [0.2, 0.25) is 0 Å². The predicted molar refractivity (Wildman–Crippen MR) is 97.7 cm³/mol. The van der Waals surface area contributed by atoms with Crippen molar-refractivity contribution < 1.29 is 15.0 Å². The fourth-order valence-corrected chi connectivity index (χ4v) is 2.93. The molecule has 0 amide bonds. The molecule has 2 atom stereocenters. The molecule has 3 heteroatoms. The molecule has 0 aromatic heterocycles. The minimum absolute atomic E-state index is 0.395. The summed E-state index contributed by atoms with van der Waals surface area (Å²) in [5.41, 5.74) is 0. The van der Waals surface area contributed by atoms with Gasteiger partial charge in [0.2, 0.25) is 0 Å². The summed E-state index contributed by atoms with van der Waals surface area (Å²) in [5, 5.41) is 17.7. The smallest absolute Gasteiger partial charge is 0.332 e. The van der Waals surface area contributed by atoms with Crippen LogP contribution < -0.4 is 0 Å². The Morgan fingerprint density at radius 2 is 1.09 bits per heavy atom. The molecule has 23 heavy (non-hydrogen) atoms. The molecule has 0 saturated heterocycles. The summed E-state index contributed by atoms with van der Waals surface area (Å²) in [6.45, 7) is 4.64. The third-order valence-electron chi connectivity index (χ3n) is 4.91. The van der Waals surface area contributed by atoms with Crippen LogP contribution in [0.15, 0.2) is 0 Å². The highest BCUT2D eigenvalue weighted by Gasteiger charge is 2.11. The zero-order chi connectivity index (χ0) is 17.3. The van der Waals surface area contributed by atoms with Crippen LogP contribution in [0.25, 0.3) is 0 Å². The first-order chi connectivity index (χ1) is 11.1. The van der Waals surface area contributed by atoms with Crippen LogP contribution in [0.5, 0.6) is 0 Å². The summed E-state index contributed by atoms with van der Waals surface area (Å²) in [5.74, 6) is -0.188. The van der Waals surface area contributed by atoms with E-state index >= 15 is 0 Å². The van der Waals surface area contributed by atoms with E-state index in [1.807, 2.05) is 0 Å². The number of aliphatic hydroxyl groups is 1. The Kier molecular flexibility index (Phi) is 15.9. The summed E-state index contributed by atoms with van der Waals surface area (Å²) >= 11 is 0. The van der Waals surface area contributed by atoms with Crippen molar-refractivity contribution in [1.82, 2.24) is 0 Å². The second-order valence-corrected chi connectivity index (χ2v) is 7.19. The van der Waals surface area contributed by atoms with Gasteiger partial charge in [-0.2, -0.15) is 0 Å². The second kappa shape index (κ2) is 16.3. The quantitative estimate of drug-likeness (QED) is 0.325. The maximum absolute atomic E-state index is 10.4. The van der Waals surface area contributed by atoms with Gasteiger partial charge < -0.3 is 10.2 Å². The van der Waals surface area contributed by atoms with E-state index in [9.17, 15) is 4.79 Å². The van der Waals surface area contributed by atoms with E-state index in [4.69, 9.17) is 10.2 Å². The Hall–Kier alpha value is -0.570. The average molecular weight is 329 g/mol. The van der Waals surface area contributed by atoms with Gasteiger partial charge in [-0.3, -0.25) is 0 Å². The normalized spacial score (nSPS) is 13.9. The molecule has 2 N–H and O–H groups in total. The number of carboxylic acid groups (broad SMARTS) is 1. The molecule has 2 unspecified atom stereocenters. The number of aliphatic hydroxyl groups excluding tert-OH is 1. The molecule has 0 spiro atoms. The fourth-order valence-electron chi connectivity index (χ4n) is 2.93. The third kappa shape index (κ3) is 16.1. The highest BCUT2D eigenvalue weighted by atomic mass is 16.4. The summed E-state index contributed by atoms with van der Waals surface area (Å²) in [4.78, 5) is 10.4. The van der Waals surface area contributed by atoms with Crippen LogP contribution >= 0.6 is 0 Å². The molecule has 0 aliphatic heterocycles. The highest BCUT2D eigenvalue weighted by molar-refractivity contribution is 5.71. The van der Waals surface area contributed by atoms with Crippen LogP contribution in [0, 0.1) is 5.92 Å². The molecule has 0 aliphatic carbocycles. The number of hydrogen-bond donors (Lipinski definition) is 2. The van der Waals surface area contributed by atoms with E-state index < -0.39 is 12.1 Å². The zero-order valence-electron chi connectivity index (χ0n) is 15.6. The van der Waals surface area contributed by atoms with Crippen LogP contribution in [-0.2, 0) is 4.79 Å². The van der Waals surface area contributed by atoms with Crippen molar-refractivity contribution in [2.45, 2.75) is 116 Å². The van der Waals surface area contributed by atoms with Crippen molar-refractivity contribution in [2.24, 2.45) is 5.92 Å². The van der Waals surface area contributed by atoms with Gasteiger partial charge in [0, 0.05) is 0 Å². The van der Waals surface area contributed by atoms with Crippen molar-refractivity contribution in [3.8, 4) is 0 Å². The van der Waals surface area contributed by atoms with Crippen LogP contribution in [0.3, 0.4) is 0 Å². The zero-order valence-corrected chi connectivity index (χ0v) is 15.6. The van der Waals surface area contributed by atoms with Crippen molar-refractivity contribution in [1.29, 1.82) is 0 Å². The average Bonchev–Trinajstić information content (AvgIpc) is 2.54. The Labute approximate surface area is 143 Å². The molecule has 138 valence electrons. The lowest BCUT2D eigenvalue weighted by Crippen LogP contribution is -2.18. The van der Waals surface area contributed by atoms with Crippen molar-refractivity contribution in [3.63, 3.8) is 0 Å². The lowest BCUT2D eigenvalue weighted by Gasteiger charge is -2.07. The lowest BCUT2D eigenvalue weighted by molar-refractivity contribution is -0.146. The van der Waals surface area contributed by atoms with Crippen molar-refractivity contribution >= 4 is 5.97 Å². The molecule has 0 radical (unpaired) electrons. The standard InChI is InChI=1S/C20H40O3/c1-3-18(2)16-14-12-10-8-6-4-5-7-9-11-13-15-17-19(21)20(22)23/h18-19,21H,3-17H2,1-2H3,(H,22,23). The van der Waals surface area contributed by atoms with E-state index in [0.29, 0.717) is 6.42 Å². The Morgan fingerprint density at radius 1 is 0.739 bits per heavy atom. The molecular formula is C20H40O3. The van der Waals surface area contributed by atoms with Crippen LogP contribution in [0.1, 0.15) is 110 Å². The first-order valence-corrected chi connectivity index (χ1v) is 9.98. The Morgan fingerprint density at radius 3 is 1.43 bits per heavy atom. The van der Waals surface area contributed by atoms with Crippen LogP contribution in [0.4, 0.5) is 0 Å². The van der Waals surface area contributed by atoms with Crippen molar-refractivity contribution in [3.05, 3.63) is 0 Å². The monoisotopic (exact) mass is 328 g/mol. The lowest BCUT2D eigenvalue weighted by atomic mass is 9.99. The predicted octanol–water partition coefficient (Wildman–Crippen LogP) is 5.94. The maximum atomic E-state index is 10.4. The Bertz CT molecular complexity index is 266. The van der Waals surface area contributed by atoms with Gasteiger partial charge in [-0.15, -0.1) is 0 Å². The number of carboxylic acids is 1. The summed E-state index contributed by atoms with van der Waals surface area (Å²) < 4.78 is 0. The molecule has 0 bridgehead atoms. The van der Waals surface area contributed by atoms with E-state index in [0.717, 1.165) is 18.8 Å². The van der Waals surface area contributed by atoms with Gasteiger partial charge in [0.15, 0.2) is 6.10 Å². The molecule has 0 aliphatic rings. The number of carbonyl (C=O) groups is 1. The SMILES string of the molecule is CCC(C)CCCCCCCCCCCCCCC(O)C(=O)O. The molecule has 0 aromatic rings. The topological polar surface area (TPSA) is 57.5 Å². The molecular weight excluding hydrogens is 288 g/mol. The van der Waals surface area contributed by atoms with E-state index in [1.165, 1.54) is 77.0 Å². The maximum Gasteiger partial charge on any atom is 0.332 e. The van der Waals surface area contributed by atoms with Gasteiger partial charge in [-0.25, -0.2) is 4.79 Å². The third-order valence-corrected chi connectivity index (χ3v) is 4.91. The summed E-state index contributed by atoms with van der Waals surface area (Å²) in [7, 11) is 0. The molecule has 0 rings (SSSR count). The van der Waals surface area contributed by atoms with E-state index in [2.05, 4.69) is 13.8 Å². The molecule has 0 fully saturated rings. The second-order valence-electron chi connectivity index (χ2n) is 7.19. The Balaban J connectivity index is 3.09. The van der Waals surface area contributed by atoms with E-state index in [1.54, 1.807) is 0 Å². The van der Waals surface area contributed by atoms with Gasteiger partial charge in [0.25, 0.3) is 0 Å². The van der Waals surface area contributed by atoms with Gasteiger partial charge in [0.05, 0.1) is 0 Å². The number of aliphatic carboxylic acids is 1. The van der Waals surface area contributed by atoms with Gasteiger partial charge >= 0.3 is 5.97 Å². The minimum atomic E-state index is -1.17. The first kappa shape index (κ1) is 22.4. The largest absolute Gasteiger partial charge is 0.479 e. The molecule has 0 aromatic carbocycles. The molecule has 0 heterocycles. The van der Waals surface area contributed by atoms with Crippen LogP contribution in [-0.4, -0.2) is 22.3 Å². The number of unbranched alkanes of at least 4 members (excludes halogenated alkanes) is 11. The van der Waals surface area contributed by atoms with Crippen molar-refractivity contribution in [2.75, 3.05) is 0 Å². The van der Waals surface area contributed by atoms with Gasteiger partial charge in [-0.05, 0) is 12.3 Å². The fraction of sp³-hybridized carbons (Fsp3) is 0.950. The molecule has 3 nitrogen and oxygen atoms in total. The minimum Gasteiger partial charge on any atom is -0.479 e. The van der Waals surface area contributed by atoms with Gasteiger partial charge in [-0.1, -0.05) is 104 Å². The summed E-state index contributed by atoms with van der Waals surface area (Å²) in [6.07, 6.45) is 17.2.